The van der Waals surface area contributed by atoms with Gasteiger partial charge in [-0.3, -0.25) is 25.0 Å². The van der Waals surface area contributed by atoms with Gasteiger partial charge >= 0.3 is 0 Å². The van der Waals surface area contributed by atoms with Crippen LogP contribution in [0.1, 0.15) is 11.1 Å². The van der Waals surface area contributed by atoms with Gasteiger partial charge in [-0.05, 0) is 30.2 Å². The van der Waals surface area contributed by atoms with Gasteiger partial charge in [-0.25, -0.2) is 4.98 Å². The van der Waals surface area contributed by atoms with Crippen molar-refractivity contribution in [1.29, 1.82) is 0 Å². The number of H-pyrrole nitrogens is 1. The number of hydrogen-bond acceptors (Lipinski definition) is 4. The molecule has 4 aromatic rings. The lowest BCUT2D eigenvalue weighted by Crippen LogP contribution is -2.43. The highest BCUT2D eigenvalue weighted by molar-refractivity contribution is 7.99. The smallest absolute Gasteiger partial charge is 0.248 e. The number of rotatable bonds is 6. The number of aryl methyl sites for hydroxylation is 1. The first kappa shape index (κ1) is 19.8. The number of amides is 2. The molecule has 0 fully saturated rings. The van der Waals surface area contributed by atoms with E-state index in [2.05, 4.69) is 20.8 Å². The third-order valence-electron chi connectivity index (χ3n) is 4.68. The second kappa shape index (κ2) is 8.87. The van der Waals surface area contributed by atoms with Crippen molar-refractivity contribution < 1.29 is 9.59 Å². The number of carbonyl (C=O) groups excluding carboxylic acids is 2. The standard InChI is InChI=1S/C22H21N5O2S/c1-15-6-2-5-9-19(15)27-11-10-23-22(27)30-14-21(29)26-25-20(28)12-16-13-24-18-8-4-3-7-17(16)18/h2-11,13,24H,12,14H2,1H3,(H,25,28)(H,26,29). The van der Waals surface area contributed by atoms with Crippen LogP contribution in [0.15, 0.2) is 72.3 Å². The number of para-hydroxylation sites is 2. The minimum atomic E-state index is -0.299. The second-order valence-corrected chi connectivity index (χ2v) is 7.73. The molecule has 0 radical (unpaired) electrons. The quantitative estimate of drug-likeness (QED) is 0.331. The maximum atomic E-state index is 12.2. The van der Waals surface area contributed by atoms with E-state index in [4.69, 9.17) is 0 Å². The van der Waals surface area contributed by atoms with Crippen molar-refractivity contribution in [3.63, 3.8) is 0 Å². The van der Waals surface area contributed by atoms with E-state index < -0.39 is 0 Å². The fraction of sp³-hybridized carbons (Fsp3) is 0.136. The molecule has 0 saturated heterocycles. The Morgan fingerprint density at radius 1 is 1.07 bits per heavy atom. The second-order valence-electron chi connectivity index (χ2n) is 6.79. The first-order valence-corrected chi connectivity index (χ1v) is 10.4. The van der Waals surface area contributed by atoms with Crippen molar-refractivity contribution in [2.24, 2.45) is 0 Å². The summed E-state index contributed by atoms with van der Waals surface area (Å²) in [4.78, 5) is 31.9. The predicted octanol–water partition coefficient (Wildman–Crippen LogP) is 3.14. The summed E-state index contributed by atoms with van der Waals surface area (Å²) in [6, 6.07) is 15.8. The van der Waals surface area contributed by atoms with Crippen molar-refractivity contribution in [3.8, 4) is 5.69 Å². The van der Waals surface area contributed by atoms with E-state index in [9.17, 15) is 9.59 Å². The van der Waals surface area contributed by atoms with Crippen LogP contribution in [0.3, 0.4) is 0 Å². The molecule has 2 aromatic heterocycles. The first-order chi connectivity index (χ1) is 14.6. The maximum Gasteiger partial charge on any atom is 0.248 e. The Balaban J connectivity index is 1.29. The van der Waals surface area contributed by atoms with E-state index >= 15 is 0 Å². The van der Waals surface area contributed by atoms with Crippen molar-refractivity contribution in [2.75, 3.05) is 5.75 Å². The fourth-order valence-electron chi connectivity index (χ4n) is 3.21. The molecule has 0 atom stereocenters. The number of nitrogens with one attached hydrogen (secondary N) is 3. The van der Waals surface area contributed by atoms with E-state index in [0.717, 1.165) is 27.7 Å². The number of hydrogen-bond donors (Lipinski definition) is 3. The SMILES string of the molecule is Cc1ccccc1-n1ccnc1SCC(=O)NNC(=O)Cc1c[nH]c2ccccc12. The molecule has 0 bridgehead atoms. The molecule has 2 aromatic carbocycles. The van der Waals surface area contributed by atoms with Crippen molar-refractivity contribution >= 4 is 34.5 Å². The summed E-state index contributed by atoms with van der Waals surface area (Å²) < 4.78 is 1.95. The fourth-order valence-corrected chi connectivity index (χ4v) is 3.98. The molecule has 2 heterocycles. The third kappa shape index (κ3) is 4.38. The van der Waals surface area contributed by atoms with Crippen molar-refractivity contribution in [1.82, 2.24) is 25.4 Å². The summed E-state index contributed by atoms with van der Waals surface area (Å²) in [5.74, 6) is -0.442. The van der Waals surface area contributed by atoms with E-state index in [0.29, 0.717) is 5.16 Å². The van der Waals surface area contributed by atoms with Gasteiger partial charge in [0.15, 0.2) is 5.16 Å². The lowest BCUT2D eigenvalue weighted by atomic mass is 10.1. The van der Waals surface area contributed by atoms with Crippen LogP contribution < -0.4 is 10.9 Å². The van der Waals surface area contributed by atoms with Gasteiger partial charge in [-0.2, -0.15) is 0 Å². The van der Waals surface area contributed by atoms with Crippen LogP contribution in [0.25, 0.3) is 16.6 Å². The number of nitrogens with zero attached hydrogens (tertiary/aromatic N) is 2. The zero-order valence-electron chi connectivity index (χ0n) is 16.4. The molecule has 0 unspecified atom stereocenters. The van der Waals surface area contributed by atoms with Crippen LogP contribution in [0.5, 0.6) is 0 Å². The van der Waals surface area contributed by atoms with Crippen LogP contribution >= 0.6 is 11.8 Å². The molecular weight excluding hydrogens is 398 g/mol. The Hall–Kier alpha value is -3.52. The Morgan fingerprint density at radius 2 is 1.83 bits per heavy atom. The number of aromatic amines is 1. The lowest BCUT2D eigenvalue weighted by Gasteiger charge is -2.10. The van der Waals surface area contributed by atoms with Crippen LogP contribution in [0.2, 0.25) is 0 Å². The van der Waals surface area contributed by atoms with Gasteiger partial charge in [0.1, 0.15) is 0 Å². The molecule has 7 nitrogen and oxygen atoms in total. The van der Waals surface area contributed by atoms with Gasteiger partial charge in [0, 0.05) is 29.5 Å². The van der Waals surface area contributed by atoms with Crippen molar-refractivity contribution in [2.45, 2.75) is 18.5 Å². The molecule has 8 heteroatoms. The van der Waals surface area contributed by atoms with Gasteiger partial charge < -0.3 is 4.98 Å². The highest BCUT2D eigenvalue weighted by Crippen LogP contribution is 2.22. The largest absolute Gasteiger partial charge is 0.361 e. The molecule has 30 heavy (non-hydrogen) atoms. The van der Waals surface area contributed by atoms with Gasteiger partial charge in [-0.1, -0.05) is 48.2 Å². The van der Waals surface area contributed by atoms with Crippen LogP contribution in [0, 0.1) is 6.92 Å². The number of carbonyl (C=O) groups is 2. The van der Waals surface area contributed by atoms with Crippen LogP contribution in [0.4, 0.5) is 0 Å². The molecule has 3 N–H and O–H groups in total. The number of aromatic nitrogens is 3. The topological polar surface area (TPSA) is 91.8 Å². The lowest BCUT2D eigenvalue weighted by molar-refractivity contribution is -0.127. The number of thioether (sulfide) groups is 1. The Labute approximate surface area is 177 Å². The molecular formula is C22H21N5O2S. The summed E-state index contributed by atoms with van der Waals surface area (Å²) in [7, 11) is 0. The van der Waals surface area contributed by atoms with Crippen LogP contribution in [-0.4, -0.2) is 32.1 Å². The third-order valence-corrected chi connectivity index (χ3v) is 5.65. The molecule has 0 aliphatic heterocycles. The minimum absolute atomic E-state index is 0.135. The zero-order valence-corrected chi connectivity index (χ0v) is 17.2. The average Bonchev–Trinajstić information content (AvgIpc) is 3.38. The molecule has 0 aliphatic carbocycles. The first-order valence-electron chi connectivity index (χ1n) is 9.46. The maximum absolute atomic E-state index is 12.2. The van der Waals surface area contributed by atoms with Gasteiger partial charge in [-0.15, -0.1) is 0 Å². The monoisotopic (exact) mass is 419 g/mol. The van der Waals surface area contributed by atoms with Gasteiger partial charge in [0.2, 0.25) is 11.8 Å². The van der Waals surface area contributed by atoms with E-state index in [1.807, 2.05) is 72.4 Å². The number of benzene rings is 2. The average molecular weight is 420 g/mol. The van der Waals surface area contributed by atoms with Crippen molar-refractivity contribution in [3.05, 3.63) is 78.2 Å². The normalized spacial score (nSPS) is 10.8. The summed E-state index contributed by atoms with van der Waals surface area (Å²) in [5.41, 5.74) is 8.94. The molecule has 0 saturated carbocycles. The molecule has 2 amide bonds. The summed E-state index contributed by atoms with van der Waals surface area (Å²) >= 11 is 1.31. The highest BCUT2D eigenvalue weighted by Gasteiger charge is 2.12. The summed E-state index contributed by atoms with van der Waals surface area (Å²) in [6.45, 7) is 2.03. The summed E-state index contributed by atoms with van der Waals surface area (Å²) in [6.07, 6.45) is 5.56. The van der Waals surface area contributed by atoms with Crippen LogP contribution in [-0.2, 0) is 16.0 Å². The Bertz CT molecular complexity index is 1200. The molecule has 4 rings (SSSR count). The molecule has 0 aliphatic rings. The van der Waals surface area contributed by atoms with E-state index in [-0.39, 0.29) is 24.0 Å². The van der Waals surface area contributed by atoms with E-state index in [1.54, 1.807) is 6.20 Å². The highest BCUT2D eigenvalue weighted by atomic mass is 32.2. The summed E-state index contributed by atoms with van der Waals surface area (Å²) in [5, 5.41) is 1.71. The number of fused-ring (bicyclic) bond motifs is 1. The van der Waals surface area contributed by atoms with E-state index in [1.165, 1.54) is 11.8 Å². The van der Waals surface area contributed by atoms with Gasteiger partial charge in [0.05, 0.1) is 17.9 Å². The predicted molar refractivity (Wildman–Crippen MR) is 117 cm³/mol. The number of hydrazine groups is 1. The Morgan fingerprint density at radius 3 is 2.70 bits per heavy atom. The minimum Gasteiger partial charge on any atom is -0.361 e. The number of imidazole rings is 1. The molecule has 152 valence electrons. The Kier molecular flexibility index (Phi) is 5.85. The zero-order chi connectivity index (χ0) is 20.9. The molecule has 0 spiro atoms. The van der Waals surface area contributed by atoms with Gasteiger partial charge in [0.25, 0.3) is 0 Å².